The zero-order valence-electron chi connectivity index (χ0n) is 14.8. The van der Waals surface area contributed by atoms with Crippen LogP contribution in [0.5, 0.6) is 11.5 Å². The van der Waals surface area contributed by atoms with Crippen molar-refractivity contribution in [3.05, 3.63) is 95.6 Å². The van der Waals surface area contributed by atoms with E-state index in [1.54, 1.807) is 61.7 Å². The smallest absolute Gasteiger partial charge is 0.343 e. The lowest BCUT2D eigenvalue weighted by molar-refractivity contribution is 0.0734. The summed E-state index contributed by atoms with van der Waals surface area (Å²) in [4.78, 5) is 12.2. The second kappa shape index (κ2) is 8.50. The van der Waals surface area contributed by atoms with Crippen LogP contribution in [0.1, 0.15) is 21.5 Å². The highest BCUT2D eigenvalue weighted by Crippen LogP contribution is 2.20. The molecule has 0 aliphatic carbocycles. The molecular weight excluding hydrogens is 338 g/mol. The SMILES string of the molecule is COc1ccc(C(=O)Oc2ccc(/C=C(/C#N)c3ccccc3)cc2)cc1. The minimum Gasteiger partial charge on any atom is -0.497 e. The lowest BCUT2D eigenvalue weighted by Crippen LogP contribution is -2.08. The summed E-state index contributed by atoms with van der Waals surface area (Å²) < 4.78 is 10.5. The largest absolute Gasteiger partial charge is 0.497 e. The van der Waals surface area contributed by atoms with Crippen molar-refractivity contribution in [3.8, 4) is 17.6 Å². The van der Waals surface area contributed by atoms with Crippen LogP contribution < -0.4 is 9.47 Å². The van der Waals surface area contributed by atoms with Gasteiger partial charge < -0.3 is 9.47 Å². The minimum absolute atomic E-state index is 0.436. The number of methoxy groups -OCH3 is 1. The monoisotopic (exact) mass is 355 g/mol. The van der Waals surface area contributed by atoms with Crippen molar-refractivity contribution >= 4 is 17.6 Å². The molecule has 3 aromatic carbocycles. The van der Waals surface area contributed by atoms with E-state index in [9.17, 15) is 10.1 Å². The van der Waals surface area contributed by atoms with Crippen LogP contribution >= 0.6 is 0 Å². The topological polar surface area (TPSA) is 59.3 Å². The number of hydrogen-bond donors (Lipinski definition) is 0. The van der Waals surface area contributed by atoms with Crippen LogP contribution in [0.4, 0.5) is 0 Å². The molecule has 0 radical (unpaired) electrons. The number of ether oxygens (including phenoxy) is 2. The number of esters is 1. The van der Waals surface area contributed by atoms with Crippen LogP contribution in [-0.2, 0) is 0 Å². The molecule has 0 heterocycles. The van der Waals surface area contributed by atoms with Gasteiger partial charge in [0.15, 0.2) is 0 Å². The summed E-state index contributed by atoms with van der Waals surface area (Å²) in [5, 5.41) is 9.38. The molecule has 0 saturated carbocycles. The Kier molecular flexibility index (Phi) is 5.66. The first kappa shape index (κ1) is 18.0. The maximum Gasteiger partial charge on any atom is 0.343 e. The predicted molar refractivity (Wildman–Crippen MR) is 104 cm³/mol. The van der Waals surface area contributed by atoms with E-state index in [1.807, 2.05) is 30.3 Å². The van der Waals surface area contributed by atoms with Gasteiger partial charge in [-0.1, -0.05) is 42.5 Å². The van der Waals surface area contributed by atoms with E-state index in [4.69, 9.17) is 9.47 Å². The van der Waals surface area contributed by atoms with Gasteiger partial charge >= 0.3 is 5.97 Å². The molecule has 0 spiro atoms. The number of benzene rings is 3. The Morgan fingerprint density at radius 3 is 2.07 bits per heavy atom. The van der Waals surface area contributed by atoms with Gasteiger partial charge in [0.25, 0.3) is 0 Å². The van der Waals surface area contributed by atoms with Crippen LogP contribution in [0.2, 0.25) is 0 Å². The second-order valence-electron chi connectivity index (χ2n) is 5.72. The zero-order chi connectivity index (χ0) is 19.1. The van der Waals surface area contributed by atoms with Gasteiger partial charge in [0, 0.05) is 0 Å². The number of nitriles is 1. The normalized spacial score (nSPS) is 10.7. The van der Waals surface area contributed by atoms with E-state index >= 15 is 0 Å². The summed E-state index contributed by atoms with van der Waals surface area (Å²) >= 11 is 0. The average molecular weight is 355 g/mol. The molecule has 3 aromatic rings. The molecule has 0 atom stereocenters. The number of rotatable bonds is 5. The van der Waals surface area contributed by atoms with Crippen molar-refractivity contribution in [1.82, 2.24) is 0 Å². The molecule has 0 saturated heterocycles. The Hall–Kier alpha value is -3.84. The Morgan fingerprint density at radius 2 is 1.48 bits per heavy atom. The fourth-order valence-electron chi connectivity index (χ4n) is 2.49. The molecule has 0 bridgehead atoms. The number of hydrogen-bond acceptors (Lipinski definition) is 4. The van der Waals surface area contributed by atoms with Crippen LogP contribution in [0, 0.1) is 11.3 Å². The molecule has 0 aliphatic rings. The Balaban J connectivity index is 1.72. The van der Waals surface area contributed by atoms with Gasteiger partial charge in [-0.15, -0.1) is 0 Å². The number of carbonyl (C=O) groups excluding carboxylic acids is 1. The van der Waals surface area contributed by atoms with E-state index in [1.165, 1.54) is 0 Å². The van der Waals surface area contributed by atoms with E-state index in [0.717, 1.165) is 11.1 Å². The van der Waals surface area contributed by atoms with Gasteiger partial charge in [0.2, 0.25) is 0 Å². The maximum absolute atomic E-state index is 12.2. The number of carbonyl (C=O) groups is 1. The second-order valence-corrected chi connectivity index (χ2v) is 5.72. The third kappa shape index (κ3) is 4.62. The van der Waals surface area contributed by atoms with Gasteiger partial charge in [-0.2, -0.15) is 5.26 Å². The summed E-state index contributed by atoms with van der Waals surface area (Å²) in [5.74, 6) is 0.670. The van der Waals surface area contributed by atoms with Gasteiger partial charge in [-0.3, -0.25) is 0 Å². The summed E-state index contributed by atoms with van der Waals surface area (Å²) in [6.45, 7) is 0. The molecular formula is C23H17NO3. The molecule has 4 heteroatoms. The fourth-order valence-corrected chi connectivity index (χ4v) is 2.49. The van der Waals surface area contributed by atoms with Gasteiger partial charge in [0.1, 0.15) is 11.5 Å². The molecule has 0 unspecified atom stereocenters. The van der Waals surface area contributed by atoms with E-state index in [0.29, 0.717) is 22.6 Å². The number of nitrogens with zero attached hydrogens (tertiary/aromatic N) is 1. The average Bonchev–Trinajstić information content (AvgIpc) is 2.74. The minimum atomic E-state index is -0.442. The van der Waals surface area contributed by atoms with Crippen molar-refractivity contribution in [2.75, 3.05) is 7.11 Å². The van der Waals surface area contributed by atoms with E-state index in [2.05, 4.69) is 6.07 Å². The quantitative estimate of drug-likeness (QED) is 0.280. The van der Waals surface area contributed by atoms with Crippen molar-refractivity contribution in [3.63, 3.8) is 0 Å². The first-order valence-electron chi connectivity index (χ1n) is 8.33. The first-order valence-corrected chi connectivity index (χ1v) is 8.33. The van der Waals surface area contributed by atoms with Crippen LogP contribution in [-0.4, -0.2) is 13.1 Å². The van der Waals surface area contributed by atoms with Crippen LogP contribution in [0.3, 0.4) is 0 Å². The molecule has 3 rings (SSSR count). The number of allylic oxidation sites excluding steroid dienone is 1. The highest BCUT2D eigenvalue weighted by Gasteiger charge is 2.09. The van der Waals surface area contributed by atoms with Crippen molar-refractivity contribution in [1.29, 1.82) is 5.26 Å². The molecule has 0 fully saturated rings. The molecule has 0 aromatic heterocycles. The summed E-state index contributed by atoms with van der Waals surface area (Å²) in [5.41, 5.74) is 2.71. The highest BCUT2D eigenvalue weighted by atomic mass is 16.5. The fraction of sp³-hybridized carbons (Fsp3) is 0.0435. The standard InChI is InChI=1S/C23H17NO3/c1-26-21-13-9-19(10-14-21)23(25)27-22-11-7-17(8-12-22)15-20(16-24)18-5-3-2-4-6-18/h2-15H,1H3/b20-15-. The van der Waals surface area contributed by atoms with E-state index < -0.39 is 5.97 Å². The van der Waals surface area contributed by atoms with Crippen LogP contribution in [0.25, 0.3) is 11.6 Å². The van der Waals surface area contributed by atoms with Crippen molar-refractivity contribution in [2.45, 2.75) is 0 Å². The molecule has 0 aliphatic heterocycles. The van der Waals surface area contributed by atoms with Crippen molar-refractivity contribution in [2.24, 2.45) is 0 Å². The van der Waals surface area contributed by atoms with Crippen molar-refractivity contribution < 1.29 is 14.3 Å². The molecule has 132 valence electrons. The highest BCUT2D eigenvalue weighted by molar-refractivity contribution is 5.91. The molecule has 27 heavy (non-hydrogen) atoms. The van der Waals surface area contributed by atoms with Crippen LogP contribution in [0.15, 0.2) is 78.9 Å². The summed E-state index contributed by atoms with van der Waals surface area (Å²) in [6.07, 6.45) is 1.80. The third-order valence-electron chi connectivity index (χ3n) is 3.93. The zero-order valence-corrected chi connectivity index (χ0v) is 14.8. The third-order valence-corrected chi connectivity index (χ3v) is 3.93. The summed E-state index contributed by atoms with van der Waals surface area (Å²) in [6, 6.07) is 25.4. The Morgan fingerprint density at radius 1 is 0.852 bits per heavy atom. The first-order chi connectivity index (χ1) is 13.2. The van der Waals surface area contributed by atoms with Gasteiger partial charge in [-0.25, -0.2) is 4.79 Å². The molecule has 0 N–H and O–H groups in total. The molecule has 0 amide bonds. The molecule has 4 nitrogen and oxygen atoms in total. The summed E-state index contributed by atoms with van der Waals surface area (Å²) in [7, 11) is 1.57. The lowest BCUT2D eigenvalue weighted by Gasteiger charge is -2.06. The maximum atomic E-state index is 12.2. The van der Waals surface area contributed by atoms with Gasteiger partial charge in [0.05, 0.1) is 24.3 Å². The lowest BCUT2D eigenvalue weighted by atomic mass is 10.0. The van der Waals surface area contributed by atoms with E-state index in [-0.39, 0.29) is 0 Å². The predicted octanol–water partition coefficient (Wildman–Crippen LogP) is 4.98. The Bertz CT molecular complexity index is 983. The Labute approximate surface area is 157 Å². The van der Waals surface area contributed by atoms with Gasteiger partial charge in [-0.05, 0) is 53.6 Å².